The third-order valence-electron chi connectivity index (χ3n) is 3.53. The molecule has 0 unspecified atom stereocenters. The van der Waals surface area contributed by atoms with E-state index in [1.165, 1.54) is 0 Å². The van der Waals surface area contributed by atoms with E-state index in [0.29, 0.717) is 0 Å². The number of aromatic nitrogens is 1. The van der Waals surface area contributed by atoms with Gasteiger partial charge >= 0.3 is 0 Å². The van der Waals surface area contributed by atoms with Crippen molar-refractivity contribution >= 4 is 10.9 Å². The van der Waals surface area contributed by atoms with E-state index in [0.717, 1.165) is 33.5 Å². The second kappa shape index (κ2) is 4.85. The first-order valence-corrected chi connectivity index (χ1v) is 6.47. The van der Waals surface area contributed by atoms with Crippen LogP contribution in [-0.2, 0) is 0 Å². The Morgan fingerprint density at radius 1 is 1.00 bits per heavy atom. The third kappa shape index (κ3) is 1.97. The van der Waals surface area contributed by atoms with Gasteiger partial charge in [0.25, 0.3) is 0 Å². The number of ether oxygens (including phenoxy) is 1. The minimum atomic E-state index is 0.0742. The van der Waals surface area contributed by atoms with Gasteiger partial charge in [0.2, 0.25) is 0 Å². The fourth-order valence-corrected chi connectivity index (χ4v) is 2.38. The fraction of sp³-hybridized carbons (Fsp3) is 0.118. The lowest BCUT2D eigenvalue weighted by Gasteiger charge is -2.09. The van der Waals surface area contributed by atoms with Crippen molar-refractivity contribution in [3.63, 3.8) is 0 Å². The van der Waals surface area contributed by atoms with Gasteiger partial charge in [0, 0.05) is 16.5 Å². The summed E-state index contributed by atoms with van der Waals surface area (Å²) in [6.45, 7) is 1.85. The van der Waals surface area contributed by atoms with E-state index in [9.17, 15) is 4.79 Å². The summed E-state index contributed by atoms with van der Waals surface area (Å²) in [4.78, 5) is 15.7. The van der Waals surface area contributed by atoms with Gasteiger partial charge in [0.05, 0.1) is 12.8 Å². The number of para-hydroxylation sites is 1. The van der Waals surface area contributed by atoms with Crippen molar-refractivity contribution < 1.29 is 4.74 Å². The number of aromatic amines is 1. The van der Waals surface area contributed by atoms with Gasteiger partial charge in [-0.25, -0.2) is 0 Å². The van der Waals surface area contributed by atoms with E-state index in [4.69, 9.17) is 4.74 Å². The molecule has 3 rings (SSSR count). The highest BCUT2D eigenvalue weighted by Crippen LogP contribution is 2.24. The molecule has 0 saturated carbocycles. The molecular weight excluding hydrogens is 250 g/mol. The van der Waals surface area contributed by atoms with Gasteiger partial charge < -0.3 is 9.72 Å². The number of methoxy groups -OCH3 is 1. The molecule has 0 spiro atoms. The van der Waals surface area contributed by atoms with Crippen LogP contribution in [0.5, 0.6) is 5.75 Å². The molecule has 0 saturated heterocycles. The zero-order valence-corrected chi connectivity index (χ0v) is 11.4. The zero-order valence-electron chi connectivity index (χ0n) is 11.4. The Hall–Kier alpha value is -2.55. The number of hydrogen-bond donors (Lipinski definition) is 1. The van der Waals surface area contributed by atoms with Crippen molar-refractivity contribution in [3.8, 4) is 17.0 Å². The van der Waals surface area contributed by atoms with Gasteiger partial charge in [-0.2, -0.15) is 0 Å². The van der Waals surface area contributed by atoms with Crippen molar-refractivity contribution in [1.29, 1.82) is 0 Å². The third-order valence-corrected chi connectivity index (χ3v) is 3.53. The fourth-order valence-electron chi connectivity index (χ4n) is 2.38. The standard InChI is InChI=1S/C17H15NO2/c1-11-16(12-7-9-13(20-2)10-8-12)18-15-6-4-3-5-14(15)17(11)19/h3-10H,1-2H3,(H,18,19). The maximum Gasteiger partial charge on any atom is 0.192 e. The van der Waals surface area contributed by atoms with Crippen molar-refractivity contribution in [2.45, 2.75) is 6.92 Å². The molecule has 0 radical (unpaired) electrons. The van der Waals surface area contributed by atoms with Gasteiger partial charge in [-0.15, -0.1) is 0 Å². The predicted molar refractivity (Wildman–Crippen MR) is 81.3 cm³/mol. The predicted octanol–water partition coefficient (Wildman–Crippen LogP) is 3.51. The second-order valence-corrected chi connectivity index (χ2v) is 4.73. The molecule has 100 valence electrons. The SMILES string of the molecule is COc1ccc(-c2[nH]c3ccccc3c(=O)c2C)cc1. The second-order valence-electron chi connectivity index (χ2n) is 4.73. The van der Waals surface area contributed by atoms with Crippen LogP contribution in [0.4, 0.5) is 0 Å². The summed E-state index contributed by atoms with van der Waals surface area (Å²) in [6.07, 6.45) is 0. The zero-order chi connectivity index (χ0) is 14.1. The first kappa shape index (κ1) is 12.5. The Kier molecular flexibility index (Phi) is 3.03. The number of hydrogen-bond acceptors (Lipinski definition) is 2. The van der Waals surface area contributed by atoms with Gasteiger partial charge in [-0.3, -0.25) is 4.79 Å². The molecule has 1 N–H and O–H groups in total. The molecule has 0 atom stereocenters. The van der Waals surface area contributed by atoms with Gasteiger partial charge in [0.1, 0.15) is 5.75 Å². The topological polar surface area (TPSA) is 42.1 Å². The Labute approximate surface area is 116 Å². The summed E-state index contributed by atoms with van der Waals surface area (Å²) >= 11 is 0. The van der Waals surface area contributed by atoms with E-state index in [1.807, 2.05) is 55.5 Å². The van der Waals surface area contributed by atoms with Crippen LogP contribution in [0.1, 0.15) is 5.56 Å². The lowest BCUT2D eigenvalue weighted by molar-refractivity contribution is 0.415. The van der Waals surface area contributed by atoms with Crippen molar-refractivity contribution in [2.75, 3.05) is 7.11 Å². The number of H-pyrrole nitrogens is 1. The summed E-state index contributed by atoms with van der Waals surface area (Å²) in [5, 5.41) is 0.724. The Morgan fingerprint density at radius 3 is 2.40 bits per heavy atom. The summed E-state index contributed by atoms with van der Waals surface area (Å²) in [6, 6.07) is 15.2. The Balaban J connectivity index is 2.25. The maximum absolute atomic E-state index is 12.4. The van der Waals surface area contributed by atoms with E-state index in [-0.39, 0.29) is 5.43 Å². The summed E-state index contributed by atoms with van der Waals surface area (Å²) in [5.41, 5.74) is 3.50. The minimum Gasteiger partial charge on any atom is -0.497 e. The van der Waals surface area contributed by atoms with E-state index < -0.39 is 0 Å². The molecule has 3 aromatic rings. The molecule has 0 fully saturated rings. The lowest BCUT2D eigenvalue weighted by atomic mass is 10.0. The highest BCUT2D eigenvalue weighted by Gasteiger charge is 2.09. The Bertz CT molecular complexity index is 817. The molecule has 2 aromatic carbocycles. The van der Waals surface area contributed by atoms with Crippen LogP contribution in [0, 0.1) is 6.92 Å². The maximum atomic E-state index is 12.4. The molecule has 20 heavy (non-hydrogen) atoms. The van der Waals surface area contributed by atoms with Crippen LogP contribution in [0.25, 0.3) is 22.2 Å². The minimum absolute atomic E-state index is 0.0742. The molecule has 0 aliphatic rings. The molecule has 0 aliphatic carbocycles. The van der Waals surface area contributed by atoms with Gasteiger partial charge in [-0.1, -0.05) is 12.1 Å². The van der Waals surface area contributed by atoms with Crippen LogP contribution in [0.2, 0.25) is 0 Å². The number of benzene rings is 2. The first-order chi connectivity index (χ1) is 9.70. The number of rotatable bonds is 2. The average Bonchev–Trinajstić information content (AvgIpc) is 2.51. The van der Waals surface area contributed by atoms with E-state index in [2.05, 4.69) is 4.98 Å². The van der Waals surface area contributed by atoms with Gasteiger partial charge in [-0.05, 0) is 48.9 Å². The molecule has 0 amide bonds. The van der Waals surface area contributed by atoms with Crippen LogP contribution in [0.3, 0.4) is 0 Å². The first-order valence-electron chi connectivity index (χ1n) is 6.47. The molecule has 0 bridgehead atoms. The Morgan fingerprint density at radius 2 is 1.70 bits per heavy atom. The normalized spacial score (nSPS) is 10.7. The molecule has 1 aromatic heterocycles. The number of fused-ring (bicyclic) bond motifs is 1. The van der Waals surface area contributed by atoms with Crippen LogP contribution < -0.4 is 10.2 Å². The van der Waals surface area contributed by atoms with Crippen LogP contribution in [-0.4, -0.2) is 12.1 Å². The van der Waals surface area contributed by atoms with E-state index >= 15 is 0 Å². The van der Waals surface area contributed by atoms with Gasteiger partial charge in [0.15, 0.2) is 5.43 Å². The summed E-state index contributed by atoms with van der Waals surface area (Å²) < 4.78 is 5.16. The largest absolute Gasteiger partial charge is 0.497 e. The molecule has 1 heterocycles. The van der Waals surface area contributed by atoms with Crippen molar-refractivity contribution in [3.05, 3.63) is 64.3 Å². The van der Waals surface area contributed by atoms with Crippen LogP contribution in [0.15, 0.2) is 53.3 Å². The number of nitrogens with one attached hydrogen (secondary N) is 1. The highest BCUT2D eigenvalue weighted by molar-refractivity contribution is 5.83. The monoisotopic (exact) mass is 265 g/mol. The smallest absolute Gasteiger partial charge is 0.192 e. The van der Waals surface area contributed by atoms with Crippen LogP contribution >= 0.6 is 0 Å². The molecule has 0 aliphatic heterocycles. The van der Waals surface area contributed by atoms with Crippen molar-refractivity contribution in [1.82, 2.24) is 4.98 Å². The van der Waals surface area contributed by atoms with E-state index in [1.54, 1.807) is 7.11 Å². The molecule has 3 nitrogen and oxygen atoms in total. The summed E-state index contributed by atoms with van der Waals surface area (Å²) in [5.74, 6) is 0.800. The van der Waals surface area contributed by atoms with Crippen molar-refractivity contribution in [2.24, 2.45) is 0 Å². The molecule has 3 heteroatoms. The average molecular weight is 265 g/mol. The highest BCUT2D eigenvalue weighted by atomic mass is 16.5. The number of pyridine rings is 1. The lowest BCUT2D eigenvalue weighted by Crippen LogP contribution is -2.09. The summed E-state index contributed by atoms with van der Waals surface area (Å²) in [7, 11) is 1.64. The molecular formula is C17H15NO2. The quantitative estimate of drug-likeness (QED) is 0.770.